The Bertz CT molecular complexity index is 1070. The molecule has 2 aromatic rings. The van der Waals surface area contributed by atoms with E-state index in [0.29, 0.717) is 11.1 Å². The Balaban J connectivity index is 2.20. The van der Waals surface area contributed by atoms with E-state index in [4.69, 9.17) is 9.47 Å². The molecule has 1 aliphatic rings. The van der Waals surface area contributed by atoms with Gasteiger partial charge < -0.3 is 14.8 Å². The molecule has 3 rings (SSSR count). The summed E-state index contributed by atoms with van der Waals surface area (Å²) in [5.41, 5.74) is -0.338. The van der Waals surface area contributed by atoms with Crippen LogP contribution in [0.4, 0.5) is 23.2 Å². The predicted molar refractivity (Wildman–Crippen MR) is 101 cm³/mol. The average molecular weight is 423 g/mol. The number of halogens is 4. The van der Waals surface area contributed by atoms with E-state index in [1.54, 1.807) is 0 Å². The van der Waals surface area contributed by atoms with E-state index in [2.05, 4.69) is 5.32 Å². The summed E-state index contributed by atoms with van der Waals surface area (Å²) >= 11 is 0. The Morgan fingerprint density at radius 1 is 1.10 bits per heavy atom. The van der Waals surface area contributed by atoms with Gasteiger partial charge in [-0.25, -0.2) is 4.39 Å². The molecule has 0 bridgehead atoms. The second-order valence-corrected chi connectivity index (χ2v) is 6.59. The lowest BCUT2D eigenvalue weighted by Gasteiger charge is -2.25. The third-order valence-electron chi connectivity index (χ3n) is 4.63. The fraction of sp³-hybridized carbons (Fsp3) is 0.238. The Morgan fingerprint density at radius 2 is 1.80 bits per heavy atom. The standard InChI is InChI=1S/C21H17F4NO4/c1-10(27)26-16-8-12(22)4-5-13(16)11-6-15-14(17(28)7-11)9-18(29-2)19(20(15)30-3)21(23,24)25/h4-5,7-9H,6H2,1-3H3,(H,26,27). The summed E-state index contributed by atoms with van der Waals surface area (Å²) in [6, 6.07) is 4.60. The topological polar surface area (TPSA) is 64.6 Å². The molecule has 0 radical (unpaired) electrons. The second kappa shape index (κ2) is 7.81. The van der Waals surface area contributed by atoms with Crippen molar-refractivity contribution in [2.45, 2.75) is 19.5 Å². The Hall–Kier alpha value is -3.36. The molecule has 0 spiro atoms. The van der Waals surface area contributed by atoms with Crippen molar-refractivity contribution in [2.75, 3.05) is 19.5 Å². The number of rotatable bonds is 4. The highest BCUT2D eigenvalue weighted by Gasteiger charge is 2.41. The zero-order valence-corrected chi connectivity index (χ0v) is 16.2. The van der Waals surface area contributed by atoms with Crippen molar-refractivity contribution in [3.63, 3.8) is 0 Å². The van der Waals surface area contributed by atoms with E-state index in [1.807, 2.05) is 0 Å². The van der Waals surface area contributed by atoms with Gasteiger partial charge in [0.25, 0.3) is 0 Å². The first-order chi connectivity index (χ1) is 14.1. The first-order valence-electron chi connectivity index (χ1n) is 8.74. The van der Waals surface area contributed by atoms with Crippen molar-refractivity contribution in [3.8, 4) is 11.5 Å². The minimum atomic E-state index is -4.78. The number of ketones is 1. The average Bonchev–Trinajstić information content (AvgIpc) is 2.65. The number of amides is 1. The van der Waals surface area contributed by atoms with Gasteiger partial charge in [-0.2, -0.15) is 13.2 Å². The zero-order chi connectivity index (χ0) is 22.2. The molecule has 1 amide bonds. The molecule has 2 aromatic carbocycles. The summed E-state index contributed by atoms with van der Waals surface area (Å²) in [5.74, 6) is -2.68. The maximum absolute atomic E-state index is 13.7. The molecule has 0 aromatic heterocycles. The van der Waals surface area contributed by atoms with Gasteiger partial charge in [-0.15, -0.1) is 0 Å². The van der Waals surface area contributed by atoms with Crippen LogP contribution >= 0.6 is 0 Å². The lowest BCUT2D eigenvalue weighted by molar-refractivity contribution is -0.140. The maximum atomic E-state index is 13.7. The van der Waals surface area contributed by atoms with E-state index in [1.165, 1.54) is 19.1 Å². The molecule has 30 heavy (non-hydrogen) atoms. The third-order valence-corrected chi connectivity index (χ3v) is 4.63. The smallest absolute Gasteiger partial charge is 0.423 e. The molecule has 0 fully saturated rings. The van der Waals surface area contributed by atoms with Gasteiger partial charge in [0, 0.05) is 30.0 Å². The van der Waals surface area contributed by atoms with E-state index in [-0.39, 0.29) is 23.2 Å². The lowest BCUT2D eigenvalue weighted by Crippen LogP contribution is -2.18. The minimum Gasteiger partial charge on any atom is -0.496 e. The normalized spacial score (nSPS) is 13.4. The van der Waals surface area contributed by atoms with Crippen molar-refractivity contribution < 1.29 is 36.6 Å². The number of methoxy groups -OCH3 is 2. The van der Waals surface area contributed by atoms with Crippen LogP contribution < -0.4 is 14.8 Å². The van der Waals surface area contributed by atoms with Crippen LogP contribution in [0.3, 0.4) is 0 Å². The van der Waals surface area contributed by atoms with Crippen LogP contribution in [0.1, 0.15) is 34.0 Å². The van der Waals surface area contributed by atoms with Crippen molar-refractivity contribution >= 4 is 23.0 Å². The first kappa shape index (κ1) is 21.4. The van der Waals surface area contributed by atoms with Crippen LogP contribution in [-0.4, -0.2) is 25.9 Å². The van der Waals surface area contributed by atoms with Gasteiger partial charge in [0.2, 0.25) is 5.91 Å². The number of alkyl halides is 3. The summed E-state index contributed by atoms with van der Waals surface area (Å²) in [5, 5.41) is 2.47. The number of hydrogen-bond donors (Lipinski definition) is 1. The molecule has 9 heteroatoms. The number of nitrogens with one attached hydrogen (secondary N) is 1. The molecule has 158 valence electrons. The Labute approximate surface area is 169 Å². The Kier molecular flexibility index (Phi) is 5.56. The summed E-state index contributed by atoms with van der Waals surface area (Å²) in [6.07, 6.45) is -3.64. The van der Waals surface area contributed by atoms with Crippen LogP contribution in [0.15, 0.2) is 30.3 Å². The van der Waals surface area contributed by atoms with Gasteiger partial charge in [0.15, 0.2) is 5.78 Å². The van der Waals surface area contributed by atoms with Crippen molar-refractivity contribution in [3.05, 3.63) is 58.4 Å². The summed E-state index contributed by atoms with van der Waals surface area (Å²) in [4.78, 5) is 24.2. The number of ether oxygens (including phenoxy) is 2. The monoisotopic (exact) mass is 423 g/mol. The van der Waals surface area contributed by atoms with Crippen LogP contribution in [0.2, 0.25) is 0 Å². The van der Waals surface area contributed by atoms with Gasteiger partial charge in [-0.3, -0.25) is 9.59 Å². The molecule has 1 N–H and O–H groups in total. The zero-order valence-electron chi connectivity index (χ0n) is 16.2. The number of anilines is 1. The van der Waals surface area contributed by atoms with Gasteiger partial charge >= 0.3 is 6.18 Å². The summed E-state index contributed by atoms with van der Waals surface area (Å²) in [6.45, 7) is 1.23. The van der Waals surface area contributed by atoms with Crippen molar-refractivity contribution in [2.24, 2.45) is 0 Å². The van der Waals surface area contributed by atoms with E-state index >= 15 is 0 Å². The molecule has 5 nitrogen and oxygen atoms in total. The fourth-order valence-corrected chi connectivity index (χ4v) is 3.47. The van der Waals surface area contributed by atoms with Gasteiger partial charge in [-0.05, 0) is 35.9 Å². The van der Waals surface area contributed by atoms with E-state index in [9.17, 15) is 27.2 Å². The van der Waals surface area contributed by atoms with Crippen molar-refractivity contribution in [1.82, 2.24) is 0 Å². The molecule has 0 saturated carbocycles. The summed E-state index contributed by atoms with van der Waals surface area (Å²) in [7, 11) is 2.15. The number of benzene rings is 2. The van der Waals surface area contributed by atoms with Crippen molar-refractivity contribution in [1.29, 1.82) is 0 Å². The molecular formula is C21H17F4NO4. The van der Waals surface area contributed by atoms with E-state index in [0.717, 1.165) is 32.4 Å². The molecule has 0 unspecified atom stereocenters. The van der Waals surface area contributed by atoms with Crippen LogP contribution in [0, 0.1) is 5.82 Å². The highest BCUT2D eigenvalue weighted by atomic mass is 19.4. The Morgan fingerprint density at radius 3 is 2.37 bits per heavy atom. The minimum absolute atomic E-state index is 0.0173. The number of fused-ring (bicyclic) bond motifs is 1. The fourth-order valence-electron chi connectivity index (χ4n) is 3.47. The van der Waals surface area contributed by atoms with Gasteiger partial charge in [0.1, 0.15) is 22.9 Å². The quantitative estimate of drug-likeness (QED) is 0.728. The molecule has 0 aliphatic heterocycles. The third kappa shape index (κ3) is 3.87. The lowest BCUT2D eigenvalue weighted by atomic mass is 9.84. The number of carbonyl (C=O) groups excluding carboxylic acids is 2. The number of hydrogen-bond acceptors (Lipinski definition) is 4. The molecule has 0 saturated heterocycles. The first-order valence-corrected chi connectivity index (χ1v) is 8.74. The van der Waals surface area contributed by atoms with E-state index < -0.39 is 40.7 Å². The summed E-state index contributed by atoms with van der Waals surface area (Å²) < 4.78 is 64.6. The number of carbonyl (C=O) groups is 2. The number of allylic oxidation sites excluding steroid dienone is 2. The molecule has 1 aliphatic carbocycles. The van der Waals surface area contributed by atoms with Gasteiger partial charge in [-0.1, -0.05) is 0 Å². The molecule has 0 heterocycles. The second-order valence-electron chi connectivity index (χ2n) is 6.59. The molecular weight excluding hydrogens is 406 g/mol. The van der Waals surface area contributed by atoms with Gasteiger partial charge in [0.05, 0.1) is 19.9 Å². The highest BCUT2D eigenvalue weighted by Crippen LogP contribution is 2.48. The largest absolute Gasteiger partial charge is 0.496 e. The highest BCUT2D eigenvalue weighted by molar-refractivity contribution is 6.13. The molecule has 0 atom stereocenters. The van der Waals surface area contributed by atoms with Crippen LogP contribution in [0.5, 0.6) is 11.5 Å². The van der Waals surface area contributed by atoms with Crippen LogP contribution in [0.25, 0.3) is 5.57 Å². The SMILES string of the molecule is COc1cc2c(c(OC)c1C(F)(F)F)CC(c1ccc(F)cc1NC(C)=O)=CC2=O. The van der Waals surface area contributed by atoms with Crippen LogP contribution in [-0.2, 0) is 17.4 Å². The predicted octanol–water partition coefficient (Wildman–Crippen LogP) is 4.64. The maximum Gasteiger partial charge on any atom is 0.423 e.